The maximum absolute atomic E-state index is 12.1. The van der Waals surface area contributed by atoms with Crippen molar-refractivity contribution in [1.29, 1.82) is 0 Å². The van der Waals surface area contributed by atoms with Gasteiger partial charge in [0.1, 0.15) is 0 Å². The van der Waals surface area contributed by atoms with Gasteiger partial charge >= 0.3 is 0 Å². The van der Waals surface area contributed by atoms with Gasteiger partial charge in [0.15, 0.2) is 0 Å². The third-order valence-corrected chi connectivity index (χ3v) is 5.43. The SMILES string of the molecule is Cl.O=C(CC1CSCCN1)Nc1cccc(-c2cccs2)c1. The van der Waals surface area contributed by atoms with Crippen molar-refractivity contribution < 1.29 is 4.79 Å². The molecule has 1 aromatic carbocycles. The van der Waals surface area contributed by atoms with Gasteiger partial charge < -0.3 is 10.6 Å². The van der Waals surface area contributed by atoms with Gasteiger partial charge in [-0.05, 0) is 29.1 Å². The first-order valence-electron chi connectivity index (χ1n) is 7.06. The smallest absolute Gasteiger partial charge is 0.225 e. The van der Waals surface area contributed by atoms with Crippen LogP contribution in [0.4, 0.5) is 5.69 Å². The fraction of sp³-hybridized carbons (Fsp3) is 0.312. The average molecular weight is 355 g/mol. The van der Waals surface area contributed by atoms with Crippen molar-refractivity contribution in [3.63, 3.8) is 0 Å². The minimum atomic E-state index is 0. The number of halogens is 1. The topological polar surface area (TPSA) is 41.1 Å². The van der Waals surface area contributed by atoms with Crippen LogP contribution >= 0.6 is 35.5 Å². The minimum Gasteiger partial charge on any atom is -0.326 e. The lowest BCUT2D eigenvalue weighted by Gasteiger charge is -2.22. The zero-order valence-electron chi connectivity index (χ0n) is 12.1. The molecule has 2 heterocycles. The van der Waals surface area contributed by atoms with Gasteiger partial charge in [-0.1, -0.05) is 18.2 Å². The van der Waals surface area contributed by atoms with E-state index in [0.717, 1.165) is 29.3 Å². The maximum Gasteiger partial charge on any atom is 0.225 e. The van der Waals surface area contributed by atoms with E-state index in [1.165, 1.54) is 4.88 Å². The molecule has 3 rings (SSSR count). The van der Waals surface area contributed by atoms with Gasteiger partial charge in [0.2, 0.25) is 5.91 Å². The summed E-state index contributed by atoms with van der Waals surface area (Å²) >= 11 is 3.62. The Bertz CT molecular complexity index is 598. The number of amides is 1. The summed E-state index contributed by atoms with van der Waals surface area (Å²) in [5, 5.41) is 8.46. The molecule has 1 aliphatic heterocycles. The van der Waals surface area contributed by atoms with Crippen molar-refractivity contribution in [3.8, 4) is 10.4 Å². The first kappa shape index (κ1) is 17.3. The van der Waals surface area contributed by atoms with Crippen LogP contribution in [-0.4, -0.2) is 30.0 Å². The van der Waals surface area contributed by atoms with E-state index in [-0.39, 0.29) is 18.3 Å². The van der Waals surface area contributed by atoms with E-state index in [2.05, 4.69) is 28.1 Å². The third kappa shape index (κ3) is 4.74. The monoisotopic (exact) mass is 354 g/mol. The lowest BCUT2D eigenvalue weighted by atomic mass is 10.1. The molecule has 1 amide bonds. The highest BCUT2D eigenvalue weighted by Crippen LogP contribution is 2.26. The molecule has 3 nitrogen and oxygen atoms in total. The highest BCUT2D eigenvalue weighted by Gasteiger charge is 2.16. The standard InChI is InChI=1S/C16H18N2OS2.ClH/c19-16(10-14-11-20-8-6-17-14)18-13-4-1-3-12(9-13)15-5-2-7-21-15;/h1-5,7,9,14,17H,6,8,10-11H2,(H,18,19);1H. The number of hydrogen-bond acceptors (Lipinski definition) is 4. The number of thiophene rings is 1. The first-order chi connectivity index (χ1) is 10.3. The number of anilines is 1. The Morgan fingerprint density at radius 1 is 1.32 bits per heavy atom. The fourth-order valence-electron chi connectivity index (χ4n) is 2.38. The van der Waals surface area contributed by atoms with Crippen LogP contribution in [-0.2, 0) is 4.79 Å². The Kier molecular flexibility index (Phi) is 6.76. The normalized spacial score (nSPS) is 17.5. The summed E-state index contributed by atoms with van der Waals surface area (Å²) in [7, 11) is 0. The van der Waals surface area contributed by atoms with Gasteiger partial charge in [0.25, 0.3) is 0 Å². The van der Waals surface area contributed by atoms with Gasteiger partial charge in [-0.15, -0.1) is 23.7 Å². The Morgan fingerprint density at radius 2 is 2.23 bits per heavy atom. The van der Waals surface area contributed by atoms with Crippen LogP contribution in [0.15, 0.2) is 41.8 Å². The summed E-state index contributed by atoms with van der Waals surface area (Å²) in [4.78, 5) is 13.3. The lowest BCUT2D eigenvalue weighted by molar-refractivity contribution is -0.116. The fourth-order valence-corrected chi connectivity index (χ4v) is 4.05. The van der Waals surface area contributed by atoms with E-state index in [0.29, 0.717) is 12.5 Å². The highest BCUT2D eigenvalue weighted by atomic mass is 35.5. The molecule has 118 valence electrons. The summed E-state index contributed by atoms with van der Waals surface area (Å²) in [6.07, 6.45) is 0.538. The molecule has 0 aliphatic carbocycles. The van der Waals surface area contributed by atoms with Crippen LogP contribution in [0.3, 0.4) is 0 Å². The molecule has 6 heteroatoms. The predicted molar refractivity (Wildman–Crippen MR) is 99.4 cm³/mol. The van der Waals surface area contributed by atoms with Crippen molar-refractivity contribution >= 4 is 47.1 Å². The van der Waals surface area contributed by atoms with E-state index in [9.17, 15) is 4.79 Å². The van der Waals surface area contributed by atoms with E-state index in [4.69, 9.17) is 0 Å². The molecule has 1 fully saturated rings. The molecule has 1 aromatic heterocycles. The van der Waals surface area contributed by atoms with Gasteiger partial charge in [0.05, 0.1) is 0 Å². The lowest BCUT2D eigenvalue weighted by Crippen LogP contribution is -2.39. The van der Waals surface area contributed by atoms with E-state index in [1.54, 1.807) is 11.3 Å². The Balaban J connectivity index is 0.00000176. The van der Waals surface area contributed by atoms with Crippen molar-refractivity contribution in [2.45, 2.75) is 12.5 Å². The molecule has 2 N–H and O–H groups in total. The highest BCUT2D eigenvalue weighted by molar-refractivity contribution is 7.99. The largest absolute Gasteiger partial charge is 0.326 e. The quantitative estimate of drug-likeness (QED) is 0.875. The number of carbonyl (C=O) groups is 1. The molecule has 1 unspecified atom stereocenters. The van der Waals surface area contributed by atoms with Crippen LogP contribution in [0.2, 0.25) is 0 Å². The van der Waals surface area contributed by atoms with Crippen LogP contribution in [0.1, 0.15) is 6.42 Å². The second-order valence-electron chi connectivity index (χ2n) is 5.04. The molecule has 0 spiro atoms. The Labute approximate surface area is 145 Å². The van der Waals surface area contributed by atoms with Gasteiger partial charge in [0, 0.05) is 41.1 Å². The van der Waals surface area contributed by atoms with Gasteiger partial charge in [-0.25, -0.2) is 0 Å². The molecule has 0 saturated carbocycles. The van der Waals surface area contributed by atoms with Crippen LogP contribution in [0.25, 0.3) is 10.4 Å². The van der Waals surface area contributed by atoms with Crippen molar-refractivity contribution in [3.05, 3.63) is 41.8 Å². The van der Waals surface area contributed by atoms with Crippen LogP contribution < -0.4 is 10.6 Å². The van der Waals surface area contributed by atoms with Crippen LogP contribution in [0.5, 0.6) is 0 Å². The van der Waals surface area contributed by atoms with Gasteiger partial charge in [-0.2, -0.15) is 11.8 Å². The first-order valence-corrected chi connectivity index (χ1v) is 9.09. The number of carbonyl (C=O) groups excluding carboxylic acids is 1. The molecular formula is C16H19ClN2OS2. The number of nitrogens with one attached hydrogen (secondary N) is 2. The molecule has 2 aromatic rings. The van der Waals surface area contributed by atoms with Crippen LogP contribution in [0, 0.1) is 0 Å². The summed E-state index contributed by atoms with van der Waals surface area (Å²) in [5.41, 5.74) is 2.02. The second kappa shape index (κ2) is 8.58. The summed E-state index contributed by atoms with van der Waals surface area (Å²) in [6.45, 7) is 0.997. The Hall–Kier alpha value is -1.01. The summed E-state index contributed by atoms with van der Waals surface area (Å²) in [5.74, 6) is 2.24. The molecule has 0 bridgehead atoms. The maximum atomic E-state index is 12.1. The number of thioether (sulfide) groups is 1. The molecule has 1 saturated heterocycles. The van der Waals surface area contributed by atoms with Crippen molar-refractivity contribution in [2.75, 3.05) is 23.4 Å². The number of hydrogen-bond donors (Lipinski definition) is 2. The van der Waals surface area contributed by atoms with Crippen molar-refractivity contribution in [2.24, 2.45) is 0 Å². The zero-order chi connectivity index (χ0) is 14.5. The second-order valence-corrected chi connectivity index (χ2v) is 7.13. The summed E-state index contributed by atoms with van der Waals surface area (Å²) in [6, 6.07) is 12.5. The van der Waals surface area contributed by atoms with Crippen molar-refractivity contribution in [1.82, 2.24) is 5.32 Å². The Morgan fingerprint density at radius 3 is 2.95 bits per heavy atom. The number of rotatable bonds is 4. The predicted octanol–water partition coefficient (Wildman–Crippen LogP) is 3.87. The number of benzene rings is 1. The van der Waals surface area contributed by atoms with E-state index in [1.807, 2.05) is 36.0 Å². The molecule has 0 radical (unpaired) electrons. The molecular weight excluding hydrogens is 336 g/mol. The van der Waals surface area contributed by atoms with E-state index < -0.39 is 0 Å². The molecule has 22 heavy (non-hydrogen) atoms. The third-order valence-electron chi connectivity index (χ3n) is 3.38. The zero-order valence-corrected chi connectivity index (χ0v) is 14.5. The van der Waals surface area contributed by atoms with Gasteiger partial charge in [-0.3, -0.25) is 4.79 Å². The molecule has 1 aliphatic rings. The molecule has 1 atom stereocenters. The minimum absolute atomic E-state index is 0. The van der Waals surface area contributed by atoms with E-state index >= 15 is 0 Å². The average Bonchev–Trinajstić information content (AvgIpc) is 3.02. The summed E-state index contributed by atoms with van der Waals surface area (Å²) < 4.78 is 0.